The number of ether oxygens (including phenoxy) is 2. The summed E-state index contributed by atoms with van der Waals surface area (Å²) < 4.78 is 35.5. The van der Waals surface area contributed by atoms with Gasteiger partial charge in [-0.05, 0) is 43.0 Å². The minimum Gasteiger partial charge on any atom is -0.415 e. The van der Waals surface area contributed by atoms with E-state index in [4.69, 9.17) is 4.74 Å². The van der Waals surface area contributed by atoms with E-state index in [1.54, 1.807) is 17.9 Å². The molecule has 1 N–H and O–H groups in total. The Morgan fingerprint density at radius 2 is 2.03 bits per heavy atom. The third-order valence-electron chi connectivity index (χ3n) is 4.75. The fourth-order valence-corrected chi connectivity index (χ4v) is 3.37. The van der Waals surface area contributed by atoms with Crippen LogP contribution >= 0.6 is 0 Å². The lowest BCUT2D eigenvalue weighted by Crippen LogP contribution is -2.44. The number of aryl methyl sites for hydroxylation is 1. The van der Waals surface area contributed by atoms with Gasteiger partial charge in [0.1, 0.15) is 5.69 Å². The normalized spacial score (nSPS) is 16.3. The lowest BCUT2D eigenvalue weighted by molar-refractivity contribution is -0.0523. The van der Waals surface area contributed by atoms with E-state index in [2.05, 4.69) is 28.9 Å². The molecule has 2 amide bonds. The summed E-state index contributed by atoms with van der Waals surface area (Å²) in [5.74, 6) is -0.115. The molecule has 1 unspecified atom stereocenters. The number of para-hydroxylation sites is 1. The van der Waals surface area contributed by atoms with E-state index >= 15 is 0 Å². The van der Waals surface area contributed by atoms with Gasteiger partial charge in [0.2, 0.25) is 5.88 Å². The van der Waals surface area contributed by atoms with Gasteiger partial charge in [-0.1, -0.05) is 32.0 Å². The molecule has 1 aliphatic heterocycles. The van der Waals surface area contributed by atoms with Crippen molar-refractivity contribution in [3.8, 4) is 5.88 Å². The van der Waals surface area contributed by atoms with Crippen molar-refractivity contribution in [1.29, 1.82) is 0 Å². The van der Waals surface area contributed by atoms with Gasteiger partial charge in [0.05, 0.1) is 12.6 Å². The summed E-state index contributed by atoms with van der Waals surface area (Å²) in [5.41, 5.74) is 2.38. The zero-order chi connectivity index (χ0) is 21.0. The molecule has 2 heterocycles. The Morgan fingerprint density at radius 1 is 1.28 bits per heavy atom. The van der Waals surface area contributed by atoms with E-state index in [9.17, 15) is 13.6 Å². The molecule has 2 aromatic rings. The van der Waals surface area contributed by atoms with Crippen LogP contribution in [-0.2, 0) is 4.74 Å². The van der Waals surface area contributed by atoms with Crippen LogP contribution in [0.4, 0.5) is 25.0 Å². The number of rotatable bonds is 6. The van der Waals surface area contributed by atoms with Crippen molar-refractivity contribution in [2.24, 2.45) is 0 Å². The number of carbonyl (C=O) groups is 1. The molecule has 0 saturated carbocycles. The van der Waals surface area contributed by atoms with E-state index in [0.717, 1.165) is 11.3 Å². The highest BCUT2D eigenvalue weighted by Gasteiger charge is 2.31. The van der Waals surface area contributed by atoms with Gasteiger partial charge >= 0.3 is 12.6 Å². The van der Waals surface area contributed by atoms with Gasteiger partial charge in [-0.3, -0.25) is 4.90 Å². The van der Waals surface area contributed by atoms with Crippen LogP contribution in [0.25, 0.3) is 0 Å². The van der Waals surface area contributed by atoms with Crippen LogP contribution in [0.5, 0.6) is 5.88 Å². The van der Waals surface area contributed by atoms with Crippen LogP contribution in [0.15, 0.2) is 36.4 Å². The third kappa shape index (κ3) is 5.00. The predicted molar refractivity (Wildman–Crippen MR) is 107 cm³/mol. The monoisotopic (exact) mass is 405 g/mol. The largest absolute Gasteiger partial charge is 0.415 e. The fraction of sp³-hybridized carbons (Fsp3) is 0.429. The van der Waals surface area contributed by atoms with Crippen LogP contribution in [-0.4, -0.2) is 36.9 Å². The van der Waals surface area contributed by atoms with Crippen LogP contribution in [0.1, 0.15) is 37.4 Å². The summed E-state index contributed by atoms with van der Waals surface area (Å²) in [7, 11) is 0. The van der Waals surface area contributed by atoms with Crippen molar-refractivity contribution in [2.75, 3.05) is 23.4 Å². The van der Waals surface area contributed by atoms with Crippen LogP contribution < -0.4 is 15.0 Å². The summed E-state index contributed by atoms with van der Waals surface area (Å²) in [5, 5.41) is 2.70. The Hall–Kier alpha value is -2.74. The molecule has 1 aliphatic rings. The summed E-state index contributed by atoms with van der Waals surface area (Å²) >= 11 is 0. The van der Waals surface area contributed by atoms with Crippen molar-refractivity contribution in [1.82, 2.24) is 4.98 Å². The van der Waals surface area contributed by atoms with E-state index in [-0.39, 0.29) is 23.5 Å². The lowest BCUT2D eigenvalue weighted by atomic mass is 9.99. The number of nitrogens with one attached hydrogen (secondary N) is 1. The van der Waals surface area contributed by atoms with Gasteiger partial charge in [-0.25, -0.2) is 9.78 Å². The van der Waals surface area contributed by atoms with Crippen molar-refractivity contribution in [2.45, 2.75) is 45.8 Å². The zero-order valence-electron chi connectivity index (χ0n) is 16.7. The molecule has 1 fully saturated rings. The van der Waals surface area contributed by atoms with Gasteiger partial charge in [0.15, 0.2) is 0 Å². The number of carbonyl (C=O) groups excluding carboxylic acids is 1. The molecule has 29 heavy (non-hydrogen) atoms. The average Bonchev–Trinajstić information content (AvgIpc) is 3.18. The SMILES string of the molecule is Cc1ccc(NC(=O)N(c2ccccc2C(C)C)C2CCOC2)c(OC(F)F)n1. The van der Waals surface area contributed by atoms with Gasteiger partial charge in [-0.2, -0.15) is 8.78 Å². The van der Waals surface area contributed by atoms with Crippen LogP contribution in [0, 0.1) is 6.92 Å². The predicted octanol–water partition coefficient (Wildman–Crippen LogP) is 4.94. The van der Waals surface area contributed by atoms with Gasteiger partial charge in [0, 0.05) is 18.0 Å². The van der Waals surface area contributed by atoms with E-state index in [0.29, 0.717) is 25.3 Å². The van der Waals surface area contributed by atoms with Gasteiger partial charge in [0.25, 0.3) is 0 Å². The number of hydrogen-bond donors (Lipinski definition) is 1. The topological polar surface area (TPSA) is 63.7 Å². The first-order valence-electron chi connectivity index (χ1n) is 9.56. The van der Waals surface area contributed by atoms with E-state index in [1.807, 2.05) is 24.3 Å². The second-order valence-electron chi connectivity index (χ2n) is 7.21. The van der Waals surface area contributed by atoms with Gasteiger partial charge < -0.3 is 14.8 Å². The first-order valence-corrected chi connectivity index (χ1v) is 9.56. The highest BCUT2D eigenvalue weighted by Crippen LogP contribution is 2.32. The highest BCUT2D eigenvalue weighted by atomic mass is 19.3. The standard InChI is InChI=1S/C21H25F2N3O3/c1-13(2)16-6-4-5-7-18(16)26(15-10-11-28-12-15)21(27)25-17-9-8-14(3)24-19(17)29-20(22)23/h4-9,13,15,20H,10-12H2,1-3H3,(H,25,27). The summed E-state index contributed by atoms with van der Waals surface area (Å²) in [6.45, 7) is 3.69. The Morgan fingerprint density at radius 3 is 2.69 bits per heavy atom. The number of alkyl halides is 2. The first kappa shape index (κ1) is 21.0. The number of hydrogen-bond acceptors (Lipinski definition) is 4. The Labute approximate surface area is 168 Å². The van der Waals surface area contributed by atoms with E-state index in [1.165, 1.54) is 6.07 Å². The summed E-state index contributed by atoms with van der Waals surface area (Å²) in [6, 6.07) is 10.2. The Kier molecular flexibility index (Phi) is 6.64. The molecule has 1 aromatic heterocycles. The molecule has 0 bridgehead atoms. The number of amides is 2. The van der Waals surface area contributed by atoms with Crippen molar-refractivity contribution in [3.63, 3.8) is 0 Å². The van der Waals surface area contributed by atoms with Crippen molar-refractivity contribution >= 4 is 17.4 Å². The molecule has 156 valence electrons. The van der Waals surface area contributed by atoms with Crippen molar-refractivity contribution in [3.05, 3.63) is 47.7 Å². The molecular formula is C21H25F2N3O3. The lowest BCUT2D eigenvalue weighted by Gasteiger charge is -2.31. The number of nitrogens with zero attached hydrogens (tertiary/aromatic N) is 2. The number of urea groups is 1. The Bertz CT molecular complexity index is 855. The van der Waals surface area contributed by atoms with Crippen molar-refractivity contribution < 1.29 is 23.0 Å². The molecule has 1 saturated heterocycles. The zero-order valence-corrected chi connectivity index (χ0v) is 16.7. The average molecular weight is 405 g/mol. The van der Waals surface area contributed by atoms with E-state index < -0.39 is 12.6 Å². The third-order valence-corrected chi connectivity index (χ3v) is 4.75. The molecule has 1 atom stereocenters. The number of pyridine rings is 1. The smallest absolute Gasteiger partial charge is 0.388 e. The highest BCUT2D eigenvalue weighted by molar-refractivity contribution is 6.03. The maximum Gasteiger partial charge on any atom is 0.388 e. The second-order valence-corrected chi connectivity index (χ2v) is 7.21. The molecule has 1 aromatic carbocycles. The Balaban J connectivity index is 1.95. The molecule has 3 rings (SSSR count). The summed E-state index contributed by atoms with van der Waals surface area (Å²) in [6.07, 6.45) is 0.687. The quantitative estimate of drug-likeness (QED) is 0.739. The van der Waals surface area contributed by atoms with Crippen LogP contribution in [0.2, 0.25) is 0 Å². The van der Waals surface area contributed by atoms with Gasteiger partial charge in [-0.15, -0.1) is 0 Å². The minimum absolute atomic E-state index is 0.0897. The molecule has 8 heteroatoms. The summed E-state index contributed by atoms with van der Waals surface area (Å²) in [4.78, 5) is 18.9. The van der Waals surface area contributed by atoms with Crippen LogP contribution in [0.3, 0.4) is 0 Å². The minimum atomic E-state index is -3.04. The molecule has 0 aliphatic carbocycles. The molecule has 0 spiro atoms. The maximum absolute atomic E-state index is 13.3. The fourth-order valence-electron chi connectivity index (χ4n) is 3.37. The second kappa shape index (κ2) is 9.17. The molecular weight excluding hydrogens is 380 g/mol. The number of benzene rings is 1. The first-order chi connectivity index (χ1) is 13.9. The maximum atomic E-state index is 13.3. The molecule has 6 nitrogen and oxygen atoms in total. The number of aromatic nitrogens is 1. The molecule has 0 radical (unpaired) electrons. The number of halogens is 2. The number of anilines is 2.